The van der Waals surface area contributed by atoms with Crippen LogP contribution in [-0.2, 0) is 79.8 Å². The van der Waals surface area contributed by atoms with E-state index in [1.807, 2.05) is 55.4 Å². The first-order valence-electron chi connectivity index (χ1n) is 37.3. The maximum atomic E-state index is 15.7. The second kappa shape index (κ2) is 42.8. The van der Waals surface area contributed by atoms with E-state index in [9.17, 15) is 38.7 Å². The molecule has 0 bridgehead atoms. The van der Waals surface area contributed by atoms with Crippen molar-refractivity contribution in [2.24, 2.45) is 23.7 Å². The lowest BCUT2D eigenvalue weighted by atomic mass is 9.95. The van der Waals surface area contributed by atoms with Gasteiger partial charge in [-0.15, -0.1) is 0 Å². The Hall–Kier alpha value is -8.04. The molecule has 2 heterocycles. The number of carbonyl (C=O) groups excluding carboxylic acids is 11. The molecular weight excluding hydrogens is 1330 g/mol. The normalized spacial score (nSPS) is 17.4. The van der Waals surface area contributed by atoms with Crippen LogP contribution in [0.25, 0.3) is 0 Å². The number of carboxylic acid groups (broad SMARTS) is 1. The Kier molecular flexibility index (Phi) is 36.4. The molecule has 2 saturated heterocycles. The van der Waals surface area contributed by atoms with Gasteiger partial charge in [0.1, 0.15) is 60.4 Å². The van der Waals surface area contributed by atoms with Crippen LogP contribution in [0.2, 0.25) is 0 Å². The molecule has 2 fully saturated rings. The first kappa shape index (κ1) is 88.4. The van der Waals surface area contributed by atoms with E-state index >= 15 is 24.0 Å². The summed E-state index contributed by atoms with van der Waals surface area (Å²) in [4.78, 5) is 185. The molecule has 11 amide bonds. The van der Waals surface area contributed by atoms with Crippen molar-refractivity contribution in [3.05, 3.63) is 71.8 Å². The highest BCUT2D eigenvalue weighted by atomic mass is 16.7. The van der Waals surface area contributed by atoms with E-state index in [1.54, 1.807) is 79.5 Å². The van der Waals surface area contributed by atoms with Crippen LogP contribution in [0.4, 0.5) is 0 Å². The average molecular weight is 1460 g/mol. The molecule has 0 radical (unpaired) electrons. The summed E-state index contributed by atoms with van der Waals surface area (Å²) in [5, 5.41) is 21.4. The fraction of sp³-hybridized carbons (Fsp3) is 0.688. The molecule has 0 saturated carbocycles. The van der Waals surface area contributed by atoms with Gasteiger partial charge in [-0.05, 0) is 120 Å². The molecule has 4 rings (SSSR count). The van der Waals surface area contributed by atoms with Crippen LogP contribution in [0.3, 0.4) is 0 Å². The topological polar surface area (TPSA) is 318 Å². The molecule has 13 atom stereocenters. The summed E-state index contributed by atoms with van der Waals surface area (Å²) < 4.78 is 12.4. The van der Waals surface area contributed by atoms with E-state index in [4.69, 9.17) is 9.47 Å². The van der Waals surface area contributed by atoms with E-state index in [2.05, 4.69) is 21.3 Å². The maximum absolute atomic E-state index is 15.7. The van der Waals surface area contributed by atoms with E-state index < -0.39 is 144 Å². The summed E-state index contributed by atoms with van der Waals surface area (Å²) in [5.74, 6) is -8.78. The molecule has 2 aliphatic heterocycles. The summed E-state index contributed by atoms with van der Waals surface area (Å²) in [7, 11) is 11.9. The lowest BCUT2D eigenvalue weighted by Crippen LogP contribution is -2.63. The van der Waals surface area contributed by atoms with E-state index in [-0.39, 0.29) is 68.1 Å². The number of nitrogens with one attached hydrogen (secondary N) is 4. The molecule has 2 aromatic carbocycles. The predicted octanol–water partition coefficient (Wildman–Crippen LogP) is 4.97. The van der Waals surface area contributed by atoms with Crippen molar-refractivity contribution in [3.63, 3.8) is 0 Å². The highest BCUT2D eigenvalue weighted by molar-refractivity contribution is 5.99. The Labute approximate surface area is 617 Å². The number of benzene rings is 2. The van der Waals surface area contributed by atoms with Crippen molar-refractivity contribution >= 4 is 70.9 Å². The van der Waals surface area contributed by atoms with Crippen molar-refractivity contribution in [2.75, 3.05) is 82.6 Å². The summed E-state index contributed by atoms with van der Waals surface area (Å²) in [5.41, 5.74) is 1.30. The molecule has 2 aromatic rings. The molecule has 104 heavy (non-hydrogen) atoms. The quantitative estimate of drug-likeness (QED) is 0.0588. The fourth-order valence-electron chi connectivity index (χ4n) is 13.2. The van der Waals surface area contributed by atoms with Gasteiger partial charge in [0.25, 0.3) is 0 Å². The van der Waals surface area contributed by atoms with Gasteiger partial charge in [0.15, 0.2) is 6.29 Å². The monoisotopic (exact) mass is 1460 g/mol. The summed E-state index contributed by atoms with van der Waals surface area (Å²) in [6.45, 7) is 21.3. The average Bonchev–Trinajstić information content (AvgIpc) is 0.792. The van der Waals surface area contributed by atoms with Crippen LogP contribution in [0, 0.1) is 23.7 Å². The number of hydrogen-bond acceptors (Lipinski definition) is 15. The highest BCUT2D eigenvalue weighted by Crippen LogP contribution is 2.26. The van der Waals surface area contributed by atoms with Gasteiger partial charge in [-0.1, -0.05) is 122 Å². The van der Waals surface area contributed by atoms with Gasteiger partial charge < -0.3 is 75.0 Å². The number of carboxylic acids is 1. The fourth-order valence-corrected chi connectivity index (χ4v) is 13.2. The number of likely N-dealkylation sites (N-methyl/N-ethyl adjacent to an activating group) is 7. The number of amides is 11. The number of rotatable bonds is 40. The van der Waals surface area contributed by atoms with Gasteiger partial charge in [0.2, 0.25) is 65.0 Å². The predicted molar refractivity (Wildman–Crippen MR) is 397 cm³/mol. The minimum Gasteiger partial charge on any atom is -0.481 e. The molecular formula is C77H124N12O15. The highest BCUT2D eigenvalue weighted by Gasteiger charge is 2.45. The summed E-state index contributed by atoms with van der Waals surface area (Å²) in [6, 6.07) is 5.32. The van der Waals surface area contributed by atoms with Crippen molar-refractivity contribution < 1.29 is 72.1 Å². The Morgan fingerprint density at radius 1 is 0.510 bits per heavy atom. The minimum atomic E-state index is -1.53. The number of aliphatic carboxylic acids is 1. The number of likely N-dealkylation sites (tertiary alicyclic amines) is 1. The van der Waals surface area contributed by atoms with Gasteiger partial charge in [0, 0.05) is 94.8 Å². The number of piperidine rings is 1. The molecule has 27 heteroatoms. The molecule has 582 valence electrons. The summed E-state index contributed by atoms with van der Waals surface area (Å²) >= 11 is 0. The minimum absolute atomic E-state index is 0.0346. The van der Waals surface area contributed by atoms with Crippen molar-refractivity contribution in [1.82, 2.24) is 60.5 Å². The Balaban J connectivity index is 1.71. The molecule has 27 nitrogen and oxygen atoms in total. The first-order valence-corrected chi connectivity index (χ1v) is 37.3. The number of carbonyl (C=O) groups is 12. The van der Waals surface area contributed by atoms with E-state index in [0.29, 0.717) is 50.2 Å². The third-order valence-corrected chi connectivity index (χ3v) is 20.3. The Bertz CT molecular complexity index is 3150. The Morgan fingerprint density at radius 3 is 1.41 bits per heavy atom. The molecule has 2 aliphatic rings. The van der Waals surface area contributed by atoms with Crippen LogP contribution >= 0.6 is 0 Å². The van der Waals surface area contributed by atoms with Crippen LogP contribution in [0.5, 0.6) is 0 Å². The first-order chi connectivity index (χ1) is 49.0. The zero-order valence-corrected chi connectivity index (χ0v) is 65.5. The van der Waals surface area contributed by atoms with Gasteiger partial charge in [-0.25, -0.2) is 0 Å². The van der Waals surface area contributed by atoms with Crippen LogP contribution in [-0.4, -0.2) is 271 Å². The van der Waals surface area contributed by atoms with Gasteiger partial charge in [-0.3, -0.25) is 57.5 Å². The third kappa shape index (κ3) is 25.6. The van der Waals surface area contributed by atoms with Gasteiger partial charge >= 0.3 is 5.97 Å². The standard InChI is InChI=1S/C77H124N12O15/c1-20-51(8)66(80-63(90)37-38-78-12)76(101)87(18)60(43-49(4)5)73(98)82(13)52(9)70(95)84(15)58(42-48(2)3)69(94)81-67(54(11)104-65-36-28-31-41-103-65)77(102)88(19)62(46-56-34-26-22-27-35-56)74(99)83(14)53(10)71(96)86(17)61(44-50(6)7)75(100)85(16)59(45-55-32-24-21-25-33-55)68(93)79-57(47-64(91)92)72(97)89-39-29-23-30-40-89/h21-22,24-27,32-35,48-54,57-62,65-67,78H,20,23,28-31,36-47H2,1-19H3,(H,79,93)(H,80,90)(H,81,94)(H,91,92)/t51-,52-,53-,54+,57-,58-,59?,60-,61-,62-,65?,66-,67-/m0/s1. The number of nitrogens with zero attached hydrogens (tertiary/aromatic N) is 8. The maximum Gasteiger partial charge on any atom is 0.305 e. The number of hydrogen-bond donors (Lipinski definition) is 5. The van der Waals surface area contributed by atoms with Crippen LogP contribution in [0.1, 0.15) is 164 Å². The largest absolute Gasteiger partial charge is 0.481 e. The lowest BCUT2D eigenvalue weighted by Gasteiger charge is -2.40. The summed E-state index contributed by atoms with van der Waals surface area (Å²) in [6.07, 6.45) is 2.86. The lowest BCUT2D eigenvalue weighted by molar-refractivity contribution is -0.193. The van der Waals surface area contributed by atoms with E-state index in [0.717, 1.165) is 32.1 Å². The van der Waals surface area contributed by atoms with Crippen LogP contribution < -0.4 is 21.3 Å². The number of ether oxygens (including phenoxy) is 2. The Morgan fingerprint density at radius 2 is 0.942 bits per heavy atom. The van der Waals surface area contributed by atoms with Crippen molar-refractivity contribution in [3.8, 4) is 0 Å². The second-order valence-corrected chi connectivity index (χ2v) is 29.8. The SMILES string of the molecule is CC[C@H](C)[C@H](NC(=O)CCNC)C(=O)N(C)[C@@H](CC(C)C)C(=O)N(C)[C@@H](C)C(=O)N(C)[C@@H](CC(C)C)C(=O)N[C@H](C(=O)N(C)[C@@H](Cc1ccccc1)C(=O)N(C)[C@@H](C)C(=O)N(C)[C@@H](CC(C)C)C(=O)N(C)C(Cc1ccccc1)C(=O)N[C@@H](CC(=O)O)C(=O)N1CCCCC1)[C@@H](C)OC1CCCCO1. The van der Waals surface area contributed by atoms with Crippen LogP contribution in [0.15, 0.2) is 60.7 Å². The van der Waals surface area contributed by atoms with Crippen molar-refractivity contribution in [1.29, 1.82) is 0 Å². The third-order valence-electron chi connectivity index (χ3n) is 20.3. The zero-order chi connectivity index (χ0) is 78.0. The van der Waals surface area contributed by atoms with Gasteiger partial charge in [-0.2, -0.15) is 0 Å². The second-order valence-electron chi connectivity index (χ2n) is 29.8. The molecule has 0 aliphatic carbocycles. The molecule has 5 N–H and O–H groups in total. The van der Waals surface area contributed by atoms with Gasteiger partial charge in [0.05, 0.1) is 12.5 Å². The molecule has 0 spiro atoms. The molecule has 0 aromatic heterocycles. The van der Waals surface area contributed by atoms with Crippen molar-refractivity contribution in [2.45, 2.75) is 239 Å². The van der Waals surface area contributed by atoms with E-state index in [1.165, 1.54) is 97.5 Å². The molecule has 2 unspecified atom stereocenters. The smallest absolute Gasteiger partial charge is 0.305 e. The zero-order valence-electron chi connectivity index (χ0n) is 65.5.